The van der Waals surface area contributed by atoms with Gasteiger partial charge in [0.1, 0.15) is 6.04 Å². The summed E-state index contributed by atoms with van der Waals surface area (Å²) in [7, 11) is 1.97. The predicted molar refractivity (Wildman–Crippen MR) is 116 cm³/mol. The Labute approximate surface area is 194 Å². The van der Waals surface area contributed by atoms with Crippen molar-refractivity contribution in [3.05, 3.63) is 70.3 Å². The maximum Gasteiger partial charge on any atom is 0.416 e. The van der Waals surface area contributed by atoms with Crippen LogP contribution in [0.4, 0.5) is 26.3 Å². The zero-order valence-corrected chi connectivity index (χ0v) is 19.1. The highest BCUT2D eigenvalue weighted by atomic mass is 19.4. The third kappa shape index (κ3) is 6.09. The average Bonchev–Trinajstić information content (AvgIpc) is 3.12. The Bertz CT molecular complexity index is 986. The van der Waals surface area contributed by atoms with E-state index >= 15 is 0 Å². The number of nitrogens with zero attached hydrogens (tertiary/aromatic N) is 2. The Balaban J connectivity index is 1.80. The van der Waals surface area contributed by atoms with Crippen LogP contribution in [0.1, 0.15) is 47.7 Å². The molecule has 0 bridgehead atoms. The molecular weight excluding hydrogens is 460 g/mol. The average molecular weight is 487 g/mol. The molecule has 1 unspecified atom stereocenters. The topological polar surface area (TPSA) is 35.6 Å². The van der Waals surface area contributed by atoms with E-state index in [0.717, 1.165) is 11.1 Å². The molecule has 2 aromatic carbocycles. The van der Waals surface area contributed by atoms with Gasteiger partial charge in [-0.1, -0.05) is 24.3 Å². The monoisotopic (exact) mass is 487 g/mol. The molecule has 1 aliphatic rings. The summed E-state index contributed by atoms with van der Waals surface area (Å²) in [6.45, 7) is 5.44. The van der Waals surface area contributed by atoms with Crippen molar-refractivity contribution < 1.29 is 31.1 Å². The van der Waals surface area contributed by atoms with Crippen LogP contribution in [0.2, 0.25) is 0 Å². The Morgan fingerprint density at radius 1 is 1.06 bits per heavy atom. The third-order valence-corrected chi connectivity index (χ3v) is 6.07. The fourth-order valence-electron chi connectivity index (χ4n) is 3.92. The molecule has 34 heavy (non-hydrogen) atoms. The number of likely N-dealkylation sites (N-methyl/N-ethyl adjacent to an activating group) is 1. The summed E-state index contributed by atoms with van der Waals surface area (Å²) < 4.78 is 78.8. The van der Waals surface area contributed by atoms with Crippen LogP contribution in [0.3, 0.4) is 0 Å². The number of carbonyl (C=O) groups is 1. The van der Waals surface area contributed by atoms with Crippen LogP contribution < -0.4 is 5.32 Å². The number of hydrogen-bond acceptors (Lipinski definition) is 3. The zero-order chi connectivity index (χ0) is 25.3. The van der Waals surface area contributed by atoms with Gasteiger partial charge in [-0.05, 0) is 55.8 Å². The molecule has 186 valence electrons. The van der Waals surface area contributed by atoms with E-state index in [9.17, 15) is 31.1 Å². The minimum absolute atomic E-state index is 0.0749. The fraction of sp³-hybridized carbons (Fsp3) is 0.458. The van der Waals surface area contributed by atoms with Gasteiger partial charge >= 0.3 is 12.4 Å². The van der Waals surface area contributed by atoms with E-state index in [4.69, 9.17) is 0 Å². The minimum Gasteiger partial charge on any atom is -0.350 e. The second kappa shape index (κ2) is 9.95. The lowest BCUT2D eigenvalue weighted by Crippen LogP contribution is -2.41. The number of alkyl halides is 6. The molecule has 0 aliphatic carbocycles. The number of carbonyl (C=O) groups excluding carboxylic acids is 1. The summed E-state index contributed by atoms with van der Waals surface area (Å²) in [5, 5.41) is 2.55. The van der Waals surface area contributed by atoms with Gasteiger partial charge in [0.2, 0.25) is 5.91 Å². The van der Waals surface area contributed by atoms with Gasteiger partial charge in [-0.25, -0.2) is 0 Å². The van der Waals surface area contributed by atoms with Crippen molar-refractivity contribution in [2.75, 3.05) is 20.1 Å². The zero-order valence-electron chi connectivity index (χ0n) is 19.1. The number of benzene rings is 2. The van der Waals surface area contributed by atoms with Crippen molar-refractivity contribution >= 4 is 5.91 Å². The number of rotatable bonds is 7. The number of fused-ring (bicyclic) bond motifs is 1. The lowest BCUT2D eigenvalue weighted by Gasteiger charge is -2.28. The summed E-state index contributed by atoms with van der Waals surface area (Å²) in [5.74, 6) is -0.469. The first-order valence-electron chi connectivity index (χ1n) is 10.9. The van der Waals surface area contributed by atoms with E-state index in [0.29, 0.717) is 37.8 Å². The first kappa shape index (κ1) is 26.0. The van der Waals surface area contributed by atoms with Crippen molar-refractivity contribution in [1.29, 1.82) is 0 Å². The van der Waals surface area contributed by atoms with Crippen LogP contribution in [-0.4, -0.2) is 41.9 Å². The molecule has 1 aliphatic heterocycles. The molecule has 1 N–H and O–H groups in total. The van der Waals surface area contributed by atoms with Gasteiger partial charge in [0.25, 0.3) is 0 Å². The van der Waals surface area contributed by atoms with Gasteiger partial charge in [-0.15, -0.1) is 0 Å². The highest BCUT2D eigenvalue weighted by Crippen LogP contribution is 2.37. The van der Waals surface area contributed by atoms with Crippen LogP contribution >= 0.6 is 0 Å². The Morgan fingerprint density at radius 3 is 2.21 bits per heavy atom. The molecule has 0 saturated heterocycles. The number of amides is 1. The molecule has 2 aromatic rings. The first-order chi connectivity index (χ1) is 15.8. The normalized spacial score (nSPS) is 16.9. The van der Waals surface area contributed by atoms with Gasteiger partial charge in [0.05, 0.1) is 11.1 Å². The first-order valence-corrected chi connectivity index (χ1v) is 10.9. The third-order valence-electron chi connectivity index (χ3n) is 6.07. The quantitative estimate of drug-likeness (QED) is 0.543. The van der Waals surface area contributed by atoms with E-state index in [1.165, 1.54) is 0 Å². The fourth-order valence-corrected chi connectivity index (χ4v) is 3.92. The Hall–Kier alpha value is -2.59. The van der Waals surface area contributed by atoms with Gasteiger partial charge < -0.3 is 10.2 Å². The molecule has 10 heteroatoms. The maximum atomic E-state index is 13.1. The van der Waals surface area contributed by atoms with Crippen molar-refractivity contribution in [3.8, 4) is 0 Å². The Morgan fingerprint density at radius 2 is 1.65 bits per heavy atom. The highest BCUT2D eigenvalue weighted by molar-refractivity contribution is 5.84. The summed E-state index contributed by atoms with van der Waals surface area (Å²) in [6.07, 6.45) is -9.88. The lowest BCUT2D eigenvalue weighted by molar-refractivity contribution is -0.143. The molecule has 1 atom stereocenters. The minimum atomic E-state index is -4.94. The van der Waals surface area contributed by atoms with E-state index in [1.54, 1.807) is 6.07 Å². The number of halogens is 6. The van der Waals surface area contributed by atoms with Crippen LogP contribution in [-0.2, 0) is 30.2 Å². The largest absolute Gasteiger partial charge is 0.416 e. The van der Waals surface area contributed by atoms with Crippen LogP contribution in [0.25, 0.3) is 0 Å². The van der Waals surface area contributed by atoms with E-state index in [-0.39, 0.29) is 11.6 Å². The predicted octanol–water partition coefficient (Wildman–Crippen LogP) is 5.24. The van der Waals surface area contributed by atoms with Crippen LogP contribution in [0, 0.1) is 0 Å². The molecule has 0 radical (unpaired) electrons. The second-order valence-corrected chi connectivity index (χ2v) is 8.78. The van der Waals surface area contributed by atoms with Gasteiger partial charge in [0.15, 0.2) is 0 Å². The summed E-state index contributed by atoms with van der Waals surface area (Å²) in [6, 6.07) is 8.35. The van der Waals surface area contributed by atoms with Crippen molar-refractivity contribution in [1.82, 2.24) is 15.1 Å². The lowest BCUT2D eigenvalue weighted by atomic mass is 10.0. The van der Waals surface area contributed by atoms with Crippen molar-refractivity contribution in [2.45, 2.75) is 51.4 Å². The molecule has 4 nitrogen and oxygen atoms in total. The second-order valence-electron chi connectivity index (χ2n) is 8.78. The van der Waals surface area contributed by atoms with Crippen molar-refractivity contribution in [2.24, 2.45) is 0 Å². The maximum absolute atomic E-state index is 13.1. The van der Waals surface area contributed by atoms with E-state index in [2.05, 4.69) is 10.2 Å². The molecule has 1 heterocycles. The van der Waals surface area contributed by atoms with Crippen LogP contribution in [0.5, 0.6) is 0 Å². The number of hydrogen-bond donors (Lipinski definition) is 1. The van der Waals surface area contributed by atoms with E-state index in [1.807, 2.05) is 44.0 Å². The van der Waals surface area contributed by atoms with Gasteiger partial charge in [0, 0.05) is 32.2 Å². The standard InChI is InChI=1S/C24H27F6N3O/c1-15(2)32(3)8-9-33-14-17-6-4-5-7-20(17)21(33)22(34)31-13-16-10-18(23(25,26)27)12-19(11-16)24(28,29)30/h4-7,10-12,15,21H,8-9,13-14H2,1-3H3,(H,31,34). The molecule has 0 fully saturated rings. The molecule has 3 rings (SSSR count). The summed E-state index contributed by atoms with van der Waals surface area (Å²) >= 11 is 0. The smallest absolute Gasteiger partial charge is 0.350 e. The molecule has 0 aromatic heterocycles. The molecule has 1 amide bonds. The SMILES string of the molecule is CC(C)N(C)CCN1Cc2ccccc2C1C(=O)NCc1cc(C(F)(F)F)cc(C(F)(F)F)c1. The molecule has 0 spiro atoms. The summed E-state index contributed by atoms with van der Waals surface area (Å²) in [4.78, 5) is 17.2. The molecule has 0 saturated carbocycles. The highest BCUT2D eigenvalue weighted by Gasteiger charge is 2.38. The summed E-state index contributed by atoms with van der Waals surface area (Å²) in [5.41, 5.74) is -1.33. The van der Waals surface area contributed by atoms with Crippen molar-refractivity contribution in [3.63, 3.8) is 0 Å². The van der Waals surface area contributed by atoms with Crippen LogP contribution in [0.15, 0.2) is 42.5 Å². The number of nitrogens with one attached hydrogen (secondary N) is 1. The van der Waals surface area contributed by atoms with Gasteiger partial charge in [-0.3, -0.25) is 9.69 Å². The van der Waals surface area contributed by atoms with Gasteiger partial charge in [-0.2, -0.15) is 26.3 Å². The van der Waals surface area contributed by atoms with E-state index < -0.39 is 42.0 Å². The molecular formula is C24H27F6N3O. The Kier molecular flexibility index (Phi) is 7.62.